The highest BCUT2D eigenvalue weighted by atomic mass is 16.5. The lowest BCUT2D eigenvalue weighted by atomic mass is 10.1. The highest BCUT2D eigenvalue weighted by molar-refractivity contribution is 5.98. The molecule has 4 aromatic rings. The van der Waals surface area contributed by atoms with Crippen LogP contribution in [-0.4, -0.2) is 34.3 Å². The molecule has 0 spiro atoms. The van der Waals surface area contributed by atoms with Crippen molar-refractivity contribution >= 4 is 16.8 Å². The quantitative estimate of drug-likeness (QED) is 0.548. The summed E-state index contributed by atoms with van der Waals surface area (Å²) in [6.45, 7) is 2.40. The van der Waals surface area contributed by atoms with Gasteiger partial charge in [0.05, 0.1) is 29.6 Å². The molecular formula is C23H22N4O2. The Morgan fingerprint density at radius 3 is 2.69 bits per heavy atom. The van der Waals surface area contributed by atoms with Crippen LogP contribution in [0.25, 0.3) is 16.6 Å². The number of carbonyl (C=O) groups excluding carboxylic acids is 1. The number of hydrogen-bond acceptors (Lipinski definition) is 4. The number of rotatable bonds is 6. The maximum atomic E-state index is 12.7. The molecule has 146 valence electrons. The first kappa shape index (κ1) is 18.7. The number of pyridine rings is 1. The van der Waals surface area contributed by atoms with Crippen LogP contribution in [0.4, 0.5) is 0 Å². The zero-order chi connectivity index (χ0) is 20.2. The lowest BCUT2D eigenvalue weighted by Gasteiger charge is -2.10. The van der Waals surface area contributed by atoms with Gasteiger partial charge in [-0.25, -0.2) is 4.68 Å². The Hall–Kier alpha value is -3.67. The smallest absolute Gasteiger partial charge is 0.253 e. The highest BCUT2D eigenvalue weighted by Crippen LogP contribution is 2.22. The van der Waals surface area contributed by atoms with E-state index in [4.69, 9.17) is 4.74 Å². The summed E-state index contributed by atoms with van der Waals surface area (Å²) in [6, 6.07) is 17.6. The third kappa shape index (κ3) is 4.11. The van der Waals surface area contributed by atoms with E-state index in [9.17, 15) is 4.79 Å². The molecule has 0 saturated heterocycles. The number of benzene rings is 2. The van der Waals surface area contributed by atoms with Crippen LogP contribution < -0.4 is 10.1 Å². The molecule has 2 aromatic carbocycles. The molecular weight excluding hydrogens is 364 g/mol. The van der Waals surface area contributed by atoms with Crippen molar-refractivity contribution in [3.8, 4) is 11.4 Å². The van der Waals surface area contributed by atoms with Gasteiger partial charge in [0.15, 0.2) is 0 Å². The maximum Gasteiger partial charge on any atom is 0.253 e. The van der Waals surface area contributed by atoms with Crippen molar-refractivity contribution in [1.29, 1.82) is 0 Å². The molecule has 4 rings (SSSR count). The van der Waals surface area contributed by atoms with E-state index in [1.165, 1.54) is 0 Å². The third-order valence-electron chi connectivity index (χ3n) is 4.86. The van der Waals surface area contributed by atoms with Crippen molar-refractivity contribution in [1.82, 2.24) is 20.1 Å². The number of nitrogens with one attached hydrogen (secondary N) is 1. The van der Waals surface area contributed by atoms with E-state index in [-0.39, 0.29) is 5.91 Å². The third-order valence-corrected chi connectivity index (χ3v) is 4.86. The maximum absolute atomic E-state index is 12.7. The molecule has 0 aliphatic heterocycles. The summed E-state index contributed by atoms with van der Waals surface area (Å²) in [4.78, 5) is 17.2. The van der Waals surface area contributed by atoms with Crippen molar-refractivity contribution in [2.45, 2.75) is 13.3 Å². The fourth-order valence-electron chi connectivity index (χ4n) is 3.26. The molecule has 1 amide bonds. The molecule has 0 bridgehead atoms. The standard InChI is InChI=1S/C23H22N4O2/c1-16-21(15-18-14-20(29-2)8-9-22(18)26-16)23(28)24-12-10-17-4-6-19(7-5-17)27-13-3-11-25-27/h3-9,11,13-15H,10,12H2,1-2H3,(H,24,28). The minimum absolute atomic E-state index is 0.118. The van der Waals surface area contributed by atoms with Gasteiger partial charge in [-0.2, -0.15) is 5.10 Å². The minimum atomic E-state index is -0.118. The number of hydrogen-bond donors (Lipinski definition) is 1. The first-order valence-electron chi connectivity index (χ1n) is 9.46. The zero-order valence-electron chi connectivity index (χ0n) is 16.4. The van der Waals surface area contributed by atoms with Gasteiger partial charge in [-0.1, -0.05) is 12.1 Å². The first-order valence-corrected chi connectivity index (χ1v) is 9.46. The van der Waals surface area contributed by atoms with Crippen molar-refractivity contribution in [2.75, 3.05) is 13.7 Å². The summed E-state index contributed by atoms with van der Waals surface area (Å²) in [6.07, 6.45) is 4.41. The predicted molar refractivity (Wildman–Crippen MR) is 113 cm³/mol. The monoisotopic (exact) mass is 386 g/mol. The van der Waals surface area contributed by atoms with E-state index in [0.29, 0.717) is 17.8 Å². The fraction of sp³-hybridized carbons (Fsp3) is 0.174. The number of aromatic nitrogens is 3. The Kier molecular flexibility index (Phi) is 5.24. The summed E-state index contributed by atoms with van der Waals surface area (Å²) in [7, 11) is 1.62. The molecule has 0 saturated carbocycles. The van der Waals surface area contributed by atoms with Crippen molar-refractivity contribution < 1.29 is 9.53 Å². The van der Waals surface area contributed by atoms with Crippen LogP contribution in [0.1, 0.15) is 21.6 Å². The molecule has 6 heteroatoms. The molecule has 0 atom stereocenters. The second kappa shape index (κ2) is 8.14. The number of amides is 1. The fourth-order valence-corrected chi connectivity index (χ4v) is 3.26. The van der Waals surface area contributed by atoms with Gasteiger partial charge in [-0.15, -0.1) is 0 Å². The largest absolute Gasteiger partial charge is 0.497 e. The number of methoxy groups -OCH3 is 1. The number of ether oxygens (including phenoxy) is 1. The average molecular weight is 386 g/mol. The van der Waals surface area contributed by atoms with Gasteiger partial charge in [-0.3, -0.25) is 9.78 Å². The summed E-state index contributed by atoms with van der Waals surface area (Å²) >= 11 is 0. The molecule has 0 fully saturated rings. The van der Waals surface area contributed by atoms with Crippen LogP contribution in [0.5, 0.6) is 5.75 Å². The predicted octanol–water partition coefficient (Wildman–Crippen LogP) is 3.71. The van der Waals surface area contributed by atoms with Gasteiger partial charge in [0.1, 0.15) is 5.75 Å². The van der Waals surface area contributed by atoms with Gasteiger partial charge < -0.3 is 10.1 Å². The summed E-state index contributed by atoms with van der Waals surface area (Å²) < 4.78 is 7.08. The number of nitrogens with zero attached hydrogens (tertiary/aromatic N) is 3. The SMILES string of the molecule is COc1ccc2nc(C)c(C(=O)NCCc3ccc(-n4cccn4)cc3)cc2c1. The van der Waals surface area contributed by atoms with E-state index < -0.39 is 0 Å². The highest BCUT2D eigenvalue weighted by Gasteiger charge is 2.12. The Labute approximate surface area is 169 Å². The second-order valence-electron chi connectivity index (χ2n) is 6.80. The van der Waals surface area contributed by atoms with E-state index >= 15 is 0 Å². The van der Waals surface area contributed by atoms with Gasteiger partial charge in [0.2, 0.25) is 0 Å². The first-order chi connectivity index (χ1) is 14.1. The minimum Gasteiger partial charge on any atom is -0.497 e. The molecule has 6 nitrogen and oxygen atoms in total. The topological polar surface area (TPSA) is 69.0 Å². The summed E-state index contributed by atoms with van der Waals surface area (Å²) in [5.41, 5.74) is 4.30. The molecule has 2 heterocycles. The molecule has 1 N–H and O–H groups in total. The van der Waals surface area contributed by atoms with E-state index in [1.54, 1.807) is 13.3 Å². The number of aryl methyl sites for hydroxylation is 1. The zero-order valence-corrected chi connectivity index (χ0v) is 16.4. The number of fused-ring (bicyclic) bond motifs is 1. The Balaban J connectivity index is 1.41. The average Bonchev–Trinajstić information content (AvgIpc) is 3.28. The Morgan fingerprint density at radius 1 is 1.14 bits per heavy atom. The van der Waals surface area contributed by atoms with Crippen LogP contribution in [0.2, 0.25) is 0 Å². The van der Waals surface area contributed by atoms with Crippen LogP contribution in [-0.2, 0) is 6.42 Å². The van der Waals surface area contributed by atoms with Crippen molar-refractivity contribution in [3.05, 3.63) is 83.8 Å². The molecule has 0 aliphatic rings. The van der Waals surface area contributed by atoms with E-state index in [2.05, 4.69) is 27.5 Å². The normalized spacial score (nSPS) is 10.8. The van der Waals surface area contributed by atoms with Crippen molar-refractivity contribution in [3.63, 3.8) is 0 Å². The lowest BCUT2D eigenvalue weighted by Crippen LogP contribution is -2.26. The molecule has 0 aliphatic carbocycles. The lowest BCUT2D eigenvalue weighted by molar-refractivity contribution is 0.0953. The van der Waals surface area contributed by atoms with Crippen LogP contribution >= 0.6 is 0 Å². The van der Waals surface area contributed by atoms with E-state index in [0.717, 1.165) is 34.3 Å². The van der Waals surface area contributed by atoms with Gasteiger partial charge in [0, 0.05) is 24.3 Å². The summed E-state index contributed by atoms with van der Waals surface area (Å²) in [5, 5.41) is 8.10. The van der Waals surface area contributed by atoms with E-state index in [1.807, 2.05) is 60.3 Å². The Morgan fingerprint density at radius 2 is 1.97 bits per heavy atom. The second-order valence-corrected chi connectivity index (χ2v) is 6.80. The van der Waals surface area contributed by atoms with Crippen LogP contribution in [0.15, 0.2) is 67.0 Å². The van der Waals surface area contributed by atoms with Crippen LogP contribution in [0.3, 0.4) is 0 Å². The summed E-state index contributed by atoms with van der Waals surface area (Å²) in [5.74, 6) is 0.626. The van der Waals surface area contributed by atoms with Gasteiger partial charge >= 0.3 is 0 Å². The molecule has 0 unspecified atom stereocenters. The van der Waals surface area contributed by atoms with Gasteiger partial charge in [0.25, 0.3) is 5.91 Å². The molecule has 2 aromatic heterocycles. The molecule has 0 radical (unpaired) electrons. The van der Waals surface area contributed by atoms with Crippen LogP contribution in [0, 0.1) is 6.92 Å². The van der Waals surface area contributed by atoms with Gasteiger partial charge in [-0.05, 0) is 61.4 Å². The number of carbonyl (C=O) groups is 1. The van der Waals surface area contributed by atoms with Crippen molar-refractivity contribution in [2.24, 2.45) is 0 Å². The molecule has 29 heavy (non-hydrogen) atoms. The Bertz CT molecular complexity index is 1140.